The first-order valence-corrected chi connectivity index (χ1v) is 5.71. The van der Waals surface area contributed by atoms with Crippen molar-refractivity contribution in [3.8, 4) is 11.5 Å². The zero-order valence-corrected chi connectivity index (χ0v) is 12.1. The van der Waals surface area contributed by atoms with Crippen LogP contribution < -0.4 is 14.8 Å². The second-order valence-corrected chi connectivity index (χ2v) is 4.22. The number of hydrogen-bond acceptors (Lipinski definition) is 4. The number of rotatable bonds is 6. The molecule has 0 saturated carbocycles. The first-order valence-electron chi connectivity index (χ1n) is 5.71. The Morgan fingerprint density at radius 1 is 1.11 bits per heavy atom. The molecule has 0 aromatic heterocycles. The topological polar surface area (TPSA) is 50.7 Å². The number of halogens is 1. The molecule has 4 nitrogen and oxygen atoms in total. The van der Waals surface area contributed by atoms with E-state index in [1.165, 1.54) is 0 Å². The monoisotopic (exact) mass is 275 g/mol. The highest BCUT2D eigenvalue weighted by Crippen LogP contribution is 2.26. The molecule has 18 heavy (non-hydrogen) atoms. The number of hydrogen-bond donors (Lipinski definition) is 2. The van der Waals surface area contributed by atoms with Crippen molar-refractivity contribution < 1.29 is 14.6 Å². The van der Waals surface area contributed by atoms with Gasteiger partial charge < -0.3 is 19.9 Å². The lowest BCUT2D eigenvalue weighted by atomic mass is 10.1. The Morgan fingerprint density at radius 2 is 1.61 bits per heavy atom. The van der Waals surface area contributed by atoms with Crippen LogP contribution in [0.4, 0.5) is 0 Å². The zero-order chi connectivity index (χ0) is 12.8. The highest BCUT2D eigenvalue weighted by molar-refractivity contribution is 5.85. The van der Waals surface area contributed by atoms with Gasteiger partial charge in [0.05, 0.1) is 20.3 Å². The first kappa shape index (κ1) is 17.0. The second-order valence-electron chi connectivity index (χ2n) is 4.22. The Labute approximate surface area is 115 Å². The molecule has 0 fully saturated rings. The maximum Gasteiger partial charge on any atom is 0.122 e. The maximum absolute atomic E-state index is 10.0. The van der Waals surface area contributed by atoms with E-state index in [9.17, 15) is 5.11 Å². The van der Waals surface area contributed by atoms with Crippen molar-refractivity contribution in [3.05, 3.63) is 23.8 Å². The standard InChI is InChI=1S/C13H21NO3.ClH/c1-9(2)14-8-13(15)10-5-11(16-3)7-12(6-10)17-4;/h5-7,9,13-15H,8H2,1-4H3;1H. The number of nitrogens with one attached hydrogen (secondary N) is 1. The molecule has 0 bridgehead atoms. The normalized spacial score (nSPS) is 11.9. The fraction of sp³-hybridized carbons (Fsp3) is 0.538. The molecule has 0 aliphatic rings. The molecule has 1 unspecified atom stereocenters. The van der Waals surface area contributed by atoms with Crippen molar-refractivity contribution in [2.75, 3.05) is 20.8 Å². The summed E-state index contributed by atoms with van der Waals surface area (Å²) in [5.41, 5.74) is 0.786. The minimum atomic E-state index is -0.568. The van der Waals surface area contributed by atoms with Crippen LogP contribution in [-0.4, -0.2) is 31.9 Å². The average molecular weight is 276 g/mol. The lowest BCUT2D eigenvalue weighted by Gasteiger charge is -2.16. The van der Waals surface area contributed by atoms with E-state index in [2.05, 4.69) is 5.32 Å². The molecule has 1 rings (SSSR count). The molecular weight excluding hydrogens is 254 g/mol. The fourth-order valence-electron chi connectivity index (χ4n) is 1.49. The van der Waals surface area contributed by atoms with E-state index in [1.54, 1.807) is 20.3 Å². The predicted molar refractivity (Wildman–Crippen MR) is 74.9 cm³/mol. The quantitative estimate of drug-likeness (QED) is 0.835. The molecule has 104 valence electrons. The van der Waals surface area contributed by atoms with Gasteiger partial charge in [-0.15, -0.1) is 12.4 Å². The van der Waals surface area contributed by atoms with Crippen LogP contribution in [-0.2, 0) is 0 Å². The lowest BCUT2D eigenvalue weighted by Crippen LogP contribution is -2.27. The van der Waals surface area contributed by atoms with Gasteiger partial charge in [0.15, 0.2) is 0 Å². The third-order valence-corrected chi connectivity index (χ3v) is 2.48. The zero-order valence-electron chi connectivity index (χ0n) is 11.3. The van der Waals surface area contributed by atoms with Crippen molar-refractivity contribution >= 4 is 12.4 Å². The Morgan fingerprint density at radius 3 is 2.00 bits per heavy atom. The Hall–Kier alpha value is -0.970. The van der Waals surface area contributed by atoms with Crippen molar-refractivity contribution in [2.24, 2.45) is 0 Å². The third kappa shape index (κ3) is 5.12. The Balaban J connectivity index is 0.00000289. The molecule has 1 aromatic carbocycles. The molecule has 0 aliphatic heterocycles. The summed E-state index contributed by atoms with van der Waals surface area (Å²) >= 11 is 0. The summed E-state index contributed by atoms with van der Waals surface area (Å²) in [7, 11) is 3.19. The van der Waals surface area contributed by atoms with E-state index >= 15 is 0 Å². The van der Waals surface area contributed by atoms with Gasteiger partial charge >= 0.3 is 0 Å². The largest absolute Gasteiger partial charge is 0.497 e. The van der Waals surface area contributed by atoms with Crippen molar-refractivity contribution in [1.82, 2.24) is 5.32 Å². The summed E-state index contributed by atoms with van der Waals surface area (Å²) in [5, 5.41) is 13.2. The number of benzene rings is 1. The fourth-order valence-corrected chi connectivity index (χ4v) is 1.49. The molecule has 0 radical (unpaired) electrons. The average Bonchev–Trinajstić information content (AvgIpc) is 2.34. The molecule has 2 N–H and O–H groups in total. The number of ether oxygens (including phenoxy) is 2. The number of aliphatic hydroxyl groups excluding tert-OH is 1. The summed E-state index contributed by atoms with van der Waals surface area (Å²) in [6, 6.07) is 5.76. The van der Waals surface area contributed by atoms with Gasteiger partial charge in [0.25, 0.3) is 0 Å². The van der Waals surface area contributed by atoms with Crippen LogP contribution in [0.25, 0.3) is 0 Å². The minimum Gasteiger partial charge on any atom is -0.497 e. The smallest absolute Gasteiger partial charge is 0.122 e. The van der Waals surface area contributed by atoms with Crippen molar-refractivity contribution in [3.63, 3.8) is 0 Å². The van der Waals surface area contributed by atoms with E-state index in [-0.39, 0.29) is 12.4 Å². The number of methoxy groups -OCH3 is 2. The summed E-state index contributed by atoms with van der Waals surface area (Å²) in [5.74, 6) is 1.37. The SMILES string of the molecule is COc1cc(OC)cc(C(O)CNC(C)C)c1.Cl. The van der Waals surface area contributed by atoms with Gasteiger partial charge in [-0.25, -0.2) is 0 Å². The van der Waals surface area contributed by atoms with E-state index in [4.69, 9.17) is 9.47 Å². The predicted octanol–water partition coefficient (Wildman–Crippen LogP) is 2.16. The Kier molecular flexibility index (Phi) is 7.75. The molecule has 0 spiro atoms. The van der Waals surface area contributed by atoms with Gasteiger partial charge in [0, 0.05) is 18.7 Å². The van der Waals surface area contributed by atoms with Crippen molar-refractivity contribution in [1.29, 1.82) is 0 Å². The molecule has 0 aliphatic carbocycles. The molecule has 1 atom stereocenters. The Bertz CT molecular complexity index is 336. The van der Waals surface area contributed by atoms with Gasteiger partial charge in [0.1, 0.15) is 11.5 Å². The van der Waals surface area contributed by atoms with Crippen LogP contribution in [0.3, 0.4) is 0 Å². The van der Waals surface area contributed by atoms with E-state index in [0.29, 0.717) is 24.1 Å². The van der Waals surface area contributed by atoms with E-state index in [1.807, 2.05) is 26.0 Å². The van der Waals surface area contributed by atoms with Gasteiger partial charge in [-0.3, -0.25) is 0 Å². The molecule has 1 aromatic rings. The van der Waals surface area contributed by atoms with Gasteiger partial charge in [-0.2, -0.15) is 0 Å². The molecule has 0 amide bonds. The summed E-state index contributed by atoms with van der Waals surface area (Å²) in [4.78, 5) is 0. The molecule has 5 heteroatoms. The second kappa shape index (κ2) is 8.19. The van der Waals surface area contributed by atoms with Gasteiger partial charge in [0.2, 0.25) is 0 Å². The van der Waals surface area contributed by atoms with E-state index < -0.39 is 6.10 Å². The molecular formula is C13H22ClNO3. The summed E-state index contributed by atoms with van der Waals surface area (Å²) in [6.45, 7) is 4.59. The lowest BCUT2D eigenvalue weighted by molar-refractivity contribution is 0.171. The van der Waals surface area contributed by atoms with Crippen LogP contribution in [0.15, 0.2) is 18.2 Å². The highest BCUT2D eigenvalue weighted by Gasteiger charge is 2.11. The number of aliphatic hydroxyl groups is 1. The minimum absolute atomic E-state index is 0. The van der Waals surface area contributed by atoms with Crippen LogP contribution >= 0.6 is 12.4 Å². The summed E-state index contributed by atoms with van der Waals surface area (Å²) < 4.78 is 10.3. The highest BCUT2D eigenvalue weighted by atomic mass is 35.5. The van der Waals surface area contributed by atoms with Crippen molar-refractivity contribution in [2.45, 2.75) is 26.0 Å². The summed E-state index contributed by atoms with van der Waals surface area (Å²) in [6.07, 6.45) is -0.568. The molecule has 0 saturated heterocycles. The van der Waals surface area contributed by atoms with Crippen LogP contribution in [0.2, 0.25) is 0 Å². The van der Waals surface area contributed by atoms with Crippen LogP contribution in [0, 0.1) is 0 Å². The first-order chi connectivity index (χ1) is 8.06. The molecule has 0 heterocycles. The van der Waals surface area contributed by atoms with Gasteiger partial charge in [-0.1, -0.05) is 13.8 Å². The van der Waals surface area contributed by atoms with Crippen LogP contribution in [0.5, 0.6) is 11.5 Å². The third-order valence-electron chi connectivity index (χ3n) is 2.48. The maximum atomic E-state index is 10.0. The van der Waals surface area contributed by atoms with E-state index in [0.717, 1.165) is 5.56 Å². The van der Waals surface area contributed by atoms with Crippen LogP contribution in [0.1, 0.15) is 25.5 Å². The van der Waals surface area contributed by atoms with Gasteiger partial charge in [-0.05, 0) is 17.7 Å².